The van der Waals surface area contributed by atoms with Crippen LogP contribution >= 0.6 is 0 Å². The Morgan fingerprint density at radius 2 is 2.20 bits per heavy atom. The highest BCUT2D eigenvalue weighted by Crippen LogP contribution is 2.22. The van der Waals surface area contributed by atoms with E-state index in [9.17, 15) is 9.90 Å². The molecule has 0 spiro atoms. The molecule has 1 atom stereocenters. The zero-order valence-corrected chi connectivity index (χ0v) is 8.14. The van der Waals surface area contributed by atoms with Gasteiger partial charge >= 0.3 is 5.97 Å². The number of fused-ring (bicyclic) bond motifs is 1. The lowest BCUT2D eigenvalue weighted by Gasteiger charge is -2.17. The molecule has 4 nitrogen and oxygen atoms in total. The first-order valence-corrected chi connectivity index (χ1v) is 4.79. The molecule has 80 valence electrons. The average molecular weight is 208 g/mol. The van der Waals surface area contributed by atoms with Crippen LogP contribution in [0.4, 0.5) is 0 Å². The molecule has 1 unspecified atom stereocenters. The largest absolute Gasteiger partial charge is 0.479 e. The molecule has 0 aliphatic carbocycles. The quantitative estimate of drug-likeness (QED) is 0.757. The van der Waals surface area contributed by atoms with Crippen molar-refractivity contribution in [3.63, 3.8) is 0 Å². The second-order valence-corrected chi connectivity index (χ2v) is 3.57. The van der Waals surface area contributed by atoms with Gasteiger partial charge in [0.15, 0.2) is 6.10 Å². The van der Waals surface area contributed by atoms with E-state index in [0.29, 0.717) is 18.8 Å². The van der Waals surface area contributed by atoms with Crippen molar-refractivity contribution in [2.75, 3.05) is 6.61 Å². The fourth-order valence-corrected chi connectivity index (χ4v) is 1.70. The predicted molar refractivity (Wildman–Crippen MR) is 52.4 cm³/mol. The molecule has 1 aliphatic heterocycles. The van der Waals surface area contributed by atoms with Gasteiger partial charge in [0.1, 0.15) is 0 Å². The molecule has 0 saturated heterocycles. The summed E-state index contributed by atoms with van der Waals surface area (Å²) in [6.07, 6.45) is -0.659. The minimum absolute atomic E-state index is 0.433. The van der Waals surface area contributed by atoms with E-state index in [2.05, 4.69) is 0 Å². The van der Waals surface area contributed by atoms with Crippen molar-refractivity contribution >= 4 is 5.97 Å². The molecular weight excluding hydrogens is 196 g/mol. The number of aliphatic hydroxyl groups is 1. The Balaban J connectivity index is 2.31. The molecule has 2 N–H and O–H groups in total. The van der Waals surface area contributed by atoms with Crippen LogP contribution in [0.2, 0.25) is 0 Å². The summed E-state index contributed by atoms with van der Waals surface area (Å²) in [5.74, 6) is -1.22. The highest BCUT2D eigenvalue weighted by atomic mass is 16.5. The standard InChI is InChI=1S/C11H12O4/c12-10(11(13)14)8-1-2-9-6-15-4-3-7(9)5-8/h1-2,5,10,12H,3-4,6H2,(H,13,14). The zero-order chi connectivity index (χ0) is 10.8. The van der Waals surface area contributed by atoms with Crippen molar-refractivity contribution in [3.8, 4) is 0 Å². The number of ether oxygens (including phenoxy) is 1. The zero-order valence-electron chi connectivity index (χ0n) is 8.14. The topological polar surface area (TPSA) is 66.8 Å². The van der Waals surface area contributed by atoms with Crippen molar-refractivity contribution in [1.82, 2.24) is 0 Å². The van der Waals surface area contributed by atoms with Crippen molar-refractivity contribution in [3.05, 3.63) is 34.9 Å². The molecule has 1 aromatic carbocycles. The Bertz CT molecular complexity index is 386. The molecule has 0 fully saturated rings. The van der Waals surface area contributed by atoms with Crippen LogP contribution in [0, 0.1) is 0 Å². The number of rotatable bonds is 2. The molecule has 15 heavy (non-hydrogen) atoms. The number of carbonyl (C=O) groups is 1. The fourth-order valence-electron chi connectivity index (χ4n) is 1.70. The van der Waals surface area contributed by atoms with Crippen LogP contribution in [0.5, 0.6) is 0 Å². The summed E-state index contributed by atoms with van der Waals surface area (Å²) in [6, 6.07) is 5.19. The van der Waals surface area contributed by atoms with E-state index in [1.165, 1.54) is 0 Å². The highest BCUT2D eigenvalue weighted by Gasteiger charge is 2.18. The average Bonchev–Trinajstić information content (AvgIpc) is 2.27. The van der Waals surface area contributed by atoms with Crippen LogP contribution in [-0.4, -0.2) is 22.8 Å². The number of hydrogen-bond donors (Lipinski definition) is 2. The van der Waals surface area contributed by atoms with Gasteiger partial charge in [-0.05, 0) is 23.1 Å². The van der Waals surface area contributed by atoms with Gasteiger partial charge in [-0.2, -0.15) is 0 Å². The van der Waals surface area contributed by atoms with Gasteiger partial charge in [-0.3, -0.25) is 0 Å². The lowest BCUT2D eigenvalue weighted by atomic mass is 9.98. The first-order valence-electron chi connectivity index (χ1n) is 4.79. The van der Waals surface area contributed by atoms with E-state index in [1.807, 2.05) is 6.07 Å². The van der Waals surface area contributed by atoms with Gasteiger partial charge in [-0.1, -0.05) is 18.2 Å². The molecule has 0 radical (unpaired) electrons. The Kier molecular flexibility index (Phi) is 2.70. The van der Waals surface area contributed by atoms with E-state index in [4.69, 9.17) is 9.84 Å². The summed E-state index contributed by atoms with van der Waals surface area (Å²) < 4.78 is 5.26. The third kappa shape index (κ3) is 2.00. The van der Waals surface area contributed by atoms with E-state index in [-0.39, 0.29) is 0 Å². The minimum Gasteiger partial charge on any atom is -0.479 e. The van der Waals surface area contributed by atoms with Crippen LogP contribution in [0.25, 0.3) is 0 Å². The molecule has 1 aliphatic rings. The van der Waals surface area contributed by atoms with Crippen LogP contribution in [-0.2, 0) is 22.6 Å². The van der Waals surface area contributed by atoms with Gasteiger partial charge in [0, 0.05) is 0 Å². The Morgan fingerprint density at radius 1 is 1.40 bits per heavy atom. The maximum atomic E-state index is 10.6. The maximum absolute atomic E-state index is 10.6. The minimum atomic E-state index is -1.43. The maximum Gasteiger partial charge on any atom is 0.337 e. The van der Waals surface area contributed by atoms with E-state index < -0.39 is 12.1 Å². The summed E-state index contributed by atoms with van der Waals surface area (Å²) in [5, 5.41) is 18.0. The highest BCUT2D eigenvalue weighted by molar-refractivity contribution is 5.74. The van der Waals surface area contributed by atoms with Gasteiger partial charge < -0.3 is 14.9 Å². The molecular formula is C11H12O4. The van der Waals surface area contributed by atoms with Gasteiger partial charge in [0.2, 0.25) is 0 Å². The van der Waals surface area contributed by atoms with E-state index in [0.717, 1.165) is 17.5 Å². The first-order chi connectivity index (χ1) is 7.18. The Hall–Kier alpha value is -1.39. The summed E-state index contributed by atoms with van der Waals surface area (Å²) in [6.45, 7) is 1.22. The second kappa shape index (κ2) is 4.00. The molecule has 4 heteroatoms. The lowest BCUT2D eigenvalue weighted by molar-refractivity contribution is -0.146. The SMILES string of the molecule is O=C(O)C(O)c1ccc2c(c1)CCOC2. The van der Waals surface area contributed by atoms with Crippen LogP contribution in [0.15, 0.2) is 18.2 Å². The van der Waals surface area contributed by atoms with Crippen molar-refractivity contribution in [1.29, 1.82) is 0 Å². The summed E-state index contributed by atoms with van der Waals surface area (Å²) in [4.78, 5) is 10.6. The predicted octanol–water partition coefficient (Wildman–Crippen LogP) is 0.877. The number of hydrogen-bond acceptors (Lipinski definition) is 3. The molecule has 0 aromatic heterocycles. The fraction of sp³-hybridized carbons (Fsp3) is 0.364. The van der Waals surface area contributed by atoms with Gasteiger partial charge in [0.25, 0.3) is 0 Å². The first kappa shape index (κ1) is 10.1. The lowest BCUT2D eigenvalue weighted by Crippen LogP contribution is -2.14. The number of aliphatic carboxylic acids is 1. The molecule has 0 amide bonds. The smallest absolute Gasteiger partial charge is 0.337 e. The molecule has 2 rings (SSSR count). The molecule has 1 aromatic rings. The van der Waals surface area contributed by atoms with Gasteiger partial charge in [-0.15, -0.1) is 0 Å². The third-order valence-corrected chi connectivity index (χ3v) is 2.55. The van der Waals surface area contributed by atoms with Gasteiger partial charge in [0.05, 0.1) is 13.2 Å². The van der Waals surface area contributed by atoms with Crippen molar-refractivity contribution in [2.24, 2.45) is 0 Å². The molecule has 0 bridgehead atoms. The number of aliphatic hydroxyl groups excluding tert-OH is 1. The van der Waals surface area contributed by atoms with E-state index in [1.54, 1.807) is 12.1 Å². The number of carboxylic acids is 1. The monoisotopic (exact) mass is 208 g/mol. The van der Waals surface area contributed by atoms with Crippen molar-refractivity contribution < 1.29 is 19.7 Å². The summed E-state index contributed by atoms with van der Waals surface area (Å²) in [5.41, 5.74) is 2.57. The Morgan fingerprint density at radius 3 is 2.93 bits per heavy atom. The second-order valence-electron chi connectivity index (χ2n) is 3.57. The van der Waals surface area contributed by atoms with E-state index >= 15 is 0 Å². The number of benzene rings is 1. The van der Waals surface area contributed by atoms with Crippen molar-refractivity contribution in [2.45, 2.75) is 19.1 Å². The van der Waals surface area contributed by atoms with Gasteiger partial charge in [-0.25, -0.2) is 4.79 Å². The van der Waals surface area contributed by atoms with Crippen LogP contribution in [0.1, 0.15) is 22.8 Å². The molecule has 0 saturated carbocycles. The number of carboxylic acid groups (broad SMARTS) is 1. The summed E-state index contributed by atoms with van der Waals surface area (Å²) >= 11 is 0. The van der Waals surface area contributed by atoms with Crippen LogP contribution < -0.4 is 0 Å². The normalized spacial score (nSPS) is 16.9. The summed E-state index contributed by atoms with van der Waals surface area (Å²) in [7, 11) is 0. The third-order valence-electron chi connectivity index (χ3n) is 2.55. The molecule has 1 heterocycles. The van der Waals surface area contributed by atoms with Crippen LogP contribution in [0.3, 0.4) is 0 Å². The Labute approximate surface area is 87.1 Å².